The number of fused-ring (bicyclic) bond motifs is 2. The maximum absolute atomic E-state index is 13.2. The van der Waals surface area contributed by atoms with Crippen LogP contribution in [0.1, 0.15) is 64.1 Å². The quantitative estimate of drug-likeness (QED) is 0.162. The van der Waals surface area contributed by atoms with Crippen molar-refractivity contribution >= 4 is 74.4 Å². The number of aromatic nitrogens is 6. The number of para-hydroxylation sites is 1. The Morgan fingerprint density at radius 3 is 2.58 bits per heavy atom. The van der Waals surface area contributed by atoms with Gasteiger partial charge in [-0.15, -0.1) is 0 Å². The van der Waals surface area contributed by atoms with Gasteiger partial charge in [-0.3, -0.25) is 38.6 Å². The number of pyridine rings is 2. The van der Waals surface area contributed by atoms with Gasteiger partial charge in [0.05, 0.1) is 40.9 Å². The molecule has 3 aliphatic heterocycles. The molecule has 316 valence electrons. The van der Waals surface area contributed by atoms with Gasteiger partial charge in [0, 0.05) is 82.6 Å². The van der Waals surface area contributed by atoms with Crippen molar-refractivity contribution in [3.05, 3.63) is 63.8 Å². The first kappa shape index (κ1) is 40.9. The van der Waals surface area contributed by atoms with Gasteiger partial charge in [-0.25, -0.2) is 9.97 Å². The number of hydrogen-bond donors (Lipinski definition) is 3. The van der Waals surface area contributed by atoms with E-state index < -0.39 is 5.92 Å². The Bertz CT molecular complexity index is 2510. The molecule has 0 radical (unpaired) electrons. The molecule has 2 atom stereocenters. The number of nitrogens with zero attached hydrogens (tertiary/aromatic N) is 9. The highest BCUT2D eigenvalue weighted by Crippen LogP contribution is 2.36. The summed E-state index contributed by atoms with van der Waals surface area (Å²) >= 11 is 6.60. The third kappa shape index (κ3) is 8.19. The molecule has 3 fully saturated rings. The zero-order chi connectivity index (χ0) is 42.2. The van der Waals surface area contributed by atoms with E-state index in [-0.39, 0.29) is 47.7 Å². The van der Waals surface area contributed by atoms with Gasteiger partial charge in [0.25, 0.3) is 11.5 Å². The third-order valence-corrected chi connectivity index (χ3v) is 12.1. The smallest absolute Gasteiger partial charge is 0.294 e. The van der Waals surface area contributed by atoms with Crippen LogP contribution in [0.4, 0.5) is 23.1 Å². The van der Waals surface area contributed by atoms with E-state index >= 15 is 0 Å². The Morgan fingerprint density at radius 1 is 1.05 bits per heavy atom. The molecule has 5 aromatic rings. The molecule has 7 heterocycles. The number of hydrogen-bond acceptors (Lipinski definition) is 13. The number of carbonyl (C=O) groups is 3. The first-order valence-electron chi connectivity index (χ1n) is 20.6. The van der Waals surface area contributed by atoms with E-state index in [2.05, 4.69) is 53.6 Å². The van der Waals surface area contributed by atoms with E-state index in [4.69, 9.17) is 26.4 Å². The Balaban J connectivity index is 0.891. The minimum absolute atomic E-state index is 0.0587. The molecule has 17 nitrogen and oxygen atoms in total. The average Bonchev–Trinajstić information content (AvgIpc) is 3.57. The van der Waals surface area contributed by atoms with Crippen LogP contribution in [0.3, 0.4) is 0 Å². The fourth-order valence-electron chi connectivity index (χ4n) is 8.83. The van der Waals surface area contributed by atoms with E-state index in [0.29, 0.717) is 52.3 Å². The molecular formula is C42H51ClN12O5. The van der Waals surface area contributed by atoms with Crippen molar-refractivity contribution in [3.63, 3.8) is 0 Å². The zero-order valence-electron chi connectivity index (χ0n) is 34.6. The summed E-state index contributed by atoms with van der Waals surface area (Å²) in [5.74, 6) is 0.362. The van der Waals surface area contributed by atoms with Gasteiger partial charge in [0.2, 0.25) is 17.8 Å². The molecule has 0 spiro atoms. The maximum atomic E-state index is 13.2. The van der Waals surface area contributed by atoms with Gasteiger partial charge in [0.1, 0.15) is 10.7 Å². The molecule has 3 saturated heterocycles. The molecule has 3 aliphatic rings. The summed E-state index contributed by atoms with van der Waals surface area (Å²) in [4.78, 5) is 70.9. The van der Waals surface area contributed by atoms with Crippen molar-refractivity contribution in [2.45, 2.75) is 64.5 Å². The molecule has 3 amide bonds. The fraction of sp³-hybridized carbons (Fsp3) is 0.476. The molecule has 4 aromatic heterocycles. The van der Waals surface area contributed by atoms with Crippen LogP contribution in [0.5, 0.6) is 5.75 Å². The molecule has 3 N–H and O–H groups in total. The number of nitrogens with one attached hydrogen (secondary N) is 3. The van der Waals surface area contributed by atoms with Crippen molar-refractivity contribution in [1.29, 1.82) is 0 Å². The predicted octanol–water partition coefficient (Wildman–Crippen LogP) is 4.12. The molecular weight excluding hydrogens is 788 g/mol. The highest BCUT2D eigenvalue weighted by molar-refractivity contribution is 6.33. The second kappa shape index (κ2) is 17.0. The van der Waals surface area contributed by atoms with Crippen LogP contribution in [0.2, 0.25) is 5.02 Å². The van der Waals surface area contributed by atoms with Crippen molar-refractivity contribution in [3.8, 4) is 5.75 Å². The number of rotatable bonds is 11. The number of piperidine rings is 2. The maximum Gasteiger partial charge on any atom is 0.294 e. The highest BCUT2D eigenvalue weighted by atomic mass is 35.5. The lowest BCUT2D eigenvalue weighted by molar-refractivity contribution is -0.134. The van der Waals surface area contributed by atoms with Gasteiger partial charge in [0.15, 0.2) is 18.2 Å². The number of amides is 3. The fourth-order valence-corrected chi connectivity index (χ4v) is 8.96. The lowest BCUT2D eigenvalue weighted by Gasteiger charge is -2.43. The molecule has 1 unspecified atom stereocenters. The second-order valence-electron chi connectivity index (χ2n) is 16.3. The van der Waals surface area contributed by atoms with Gasteiger partial charge in [-0.2, -0.15) is 10.1 Å². The van der Waals surface area contributed by atoms with Crippen LogP contribution in [0, 0.1) is 5.92 Å². The highest BCUT2D eigenvalue weighted by Gasteiger charge is 2.34. The van der Waals surface area contributed by atoms with Gasteiger partial charge in [-0.1, -0.05) is 23.7 Å². The van der Waals surface area contributed by atoms with Crippen LogP contribution >= 0.6 is 11.6 Å². The van der Waals surface area contributed by atoms with Crippen LogP contribution in [0.25, 0.3) is 21.9 Å². The number of imide groups is 1. The number of anilines is 4. The minimum atomic E-state index is -0.437. The Labute approximate surface area is 352 Å². The van der Waals surface area contributed by atoms with Gasteiger partial charge < -0.3 is 25.2 Å². The summed E-state index contributed by atoms with van der Waals surface area (Å²) in [7, 11) is 3.44. The summed E-state index contributed by atoms with van der Waals surface area (Å²) in [6.07, 6.45) is 6.05. The monoisotopic (exact) mass is 838 g/mol. The standard InChI is InChI=1S/C42H51ClN12O5/c1-24(2)55-39-27(18-33(41(55)59)60-23-35(57)44-4)17-28(19-45-39)47-38-31(43)20-46-42(49-38)53-13-11-26(12-14-53)22-52-15-16-54(25(3)21-52)32-8-6-7-29-36(50-51(5)37(29)32)30-9-10-34(56)48-40(30)58/h6-8,17-20,24-26,30H,9-16,21-23H2,1-5H3,(H,44,57)(H,46,47,49)(H,48,56,58)/t25-,30?/m0/s1. The first-order valence-corrected chi connectivity index (χ1v) is 21.0. The number of halogens is 1. The van der Waals surface area contributed by atoms with Crippen LogP contribution in [0.15, 0.2) is 47.5 Å². The molecule has 60 heavy (non-hydrogen) atoms. The number of carbonyl (C=O) groups excluding carboxylic acids is 3. The summed E-state index contributed by atoms with van der Waals surface area (Å²) in [5, 5.41) is 15.1. The lowest BCUT2D eigenvalue weighted by atomic mass is 9.92. The number of piperazine rings is 1. The van der Waals surface area contributed by atoms with Crippen LogP contribution in [-0.2, 0) is 21.4 Å². The van der Waals surface area contributed by atoms with E-state index in [1.165, 1.54) is 7.05 Å². The normalized spacial score (nSPS) is 19.3. The lowest BCUT2D eigenvalue weighted by Crippen LogP contribution is -2.53. The summed E-state index contributed by atoms with van der Waals surface area (Å²) in [6.45, 7) is 11.2. The van der Waals surface area contributed by atoms with Gasteiger partial charge in [-0.05, 0) is 64.2 Å². The average molecular weight is 839 g/mol. The molecule has 1 aromatic carbocycles. The number of ether oxygens (including phenoxy) is 1. The number of likely N-dealkylation sites (N-methyl/N-ethyl adjacent to an activating group) is 1. The summed E-state index contributed by atoms with van der Waals surface area (Å²) in [6, 6.07) is 9.74. The summed E-state index contributed by atoms with van der Waals surface area (Å²) in [5.41, 5.74) is 3.61. The predicted molar refractivity (Wildman–Crippen MR) is 230 cm³/mol. The molecule has 0 saturated carbocycles. The Kier molecular flexibility index (Phi) is 11.6. The Morgan fingerprint density at radius 2 is 1.85 bits per heavy atom. The number of benzene rings is 1. The van der Waals surface area contributed by atoms with E-state index in [1.807, 2.05) is 43.8 Å². The number of aryl methyl sites for hydroxylation is 1. The first-order chi connectivity index (χ1) is 28.9. The minimum Gasteiger partial charge on any atom is -0.478 e. The van der Waals surface area contributed by atoms with Crippen LogP contribution in [-0.4, -0.2) is 111 Å². The topological polar surface area (TPSA) is 185 Å². The Hall–Kier alpha value is -5.81. The van der Waals surface area contributed by atoms with Gasteiger partial charge >= 0.3 is 0 Å². The largest absolute Gasteiger partial charge is 0.478 e. The molecule has 0 aliphatic carbocycles. The molecule has 0 bridgehead atoms. The molecule has 8 rings (SSSR count). The van der Waals surface area contributed by atoms with Crippen molar-refractivity contribution in [2.75, 3.05) is 68.0 Å². The summed E-state index contributed by atoms with van der Waals surface area (Å²) < 4.78 is 9.03. The van der Waals surface area contributed by atoms with Crippen molar-refractivity contribution in [1.82, 2.24) is 44.8 Å². The van der Waals surface area contributed by atoms with E-state index in [9.17, 15) is 19.2 Å². The van der Waals surface area contributed by atoms with Crippen LogP contribution < -0.4 is 36.0 Å². The third-order valence-electron chi connectivity index (χ3n) is 11.9. The SMILES string of the molecule is CNC(=O)COc1cc2cc(Nc3nc(N4CCC(CN5CCN(c6cccc7c(C8CCC(=O)NC8=O)nn(C)c67)[C@@H](C)C5)CC4)ncc3Cl)cnc2n(C(C)C)c1=O. The van der Waals surface area contributed by atoms with E-state index in [1.54, 1.807) is 23.0 Å². The second-order valence-corrected chi connectivity index (χ2v) is 16.7. The van der Waals surface area contributed by atoms with Crippen molar-refractivity contribution < 1.29 is 19.1 Å². The van der Waals surface area contributed by atoms with E-state index in [0.717, 1.165) is 74.4 Å². The van der Waals surface area contributed by atoms with Crippen molar-refractivity contribution in [2.24, 2.45) is 13.0 Å². The zero-order valence-corrected chi connectivity index (χ0v) is 35.3. The molecule has 18 heteroatoms.